The van der Waals surface area contributed by atoms with Gasteiger partial charge in [-0.3, -0.25) is 4.79 Å². The fourth-order valence-electron chi connectivity index (χ4n) is 4.28. The Morgan fingerprint density at radius 3 is 2.53 bits per heavy atom. The van der Waals surface area contributed by atoms with E-state index < -0.39 is 21.7 Å². The summed E-state index contributed by atoms with van der Waals surface area (Å²) >= 11 is 0. The highest BCUT2D eigenvalue weighted by Gasteiger charge is 2.36. The number of sulfone groups is 1. The zero-order valence-corrected chi connectivity index (χ0v) is 19.2. The second-order valence-corrected chi connectivity index (χ2v) is 10.2. The molecule has 0 unspecified atom stereocenters. The molecule has 0 aromatic heterocycles. The van der Waals surface area contributed by atoms with Gasteiger partial charge in [-0.2, -0.15) is 0 Å². The predicted octanol–water partition coefficient (Wildman–Crippen LogP) is 4.02. The average Bonchev–Trinajstić information content (AvgIpc) is 3.37. The lowest BCUT2D eigenvalue weighted by atomic mass is 10.1. The van der Waals surface area contributed by atoms with Crippen LogP contribution in [0.2, 0.25) is 0 Å². The fraction of sp³-hybridized carbons (Fsp3) is 0.231. The van der Waals surface area contributed by atoms with Gasteiger partial charge in [0.2, 0.25) is 9.84 Å². The summed E-state index contributed by atoms with van der Waals surface area (Å²) in [7, 11) is -4.00. The molecule has 0 aliphatic carbocycles. The first-order valence-electron chi connectivity index (χ1n) is 11.1. The van der Waals surface area contributed by atoms with Crippen molar-refractivity contribution >= 4 is 27.4 Å². The summed E-state index contributed by atoms with van der Waals surface area (Å²) in [6, 6.07) is 19.7. The molecule has 8 heteroatoms. The Morgan fingerprint density at radius 1 is 1.00 bits per heavy atom. The highest BCUT2D eigenvalue weighted by atomic mass is 32.2. The largest absolute Gasteiger partial charge is 0.459 e. The van der Waals surface area contributed by atoms with Crippen LogP contribution >= 0.6 is 0 Å². The lowest BCUT2D eigenvalue weighted by Gasteiger charge is -2.23. The maximum Gasteiger partial charge on any atom is 0.338 e. The van der Waals surface area contributed by atoms with E-state index in [1.54, 1.807) is 12.1 Å². The molecule has 1 saturated heterocycles. The van der Waals surface area contributed by atoms with Crippen LogP contribution in [0.15, 0.2) is 82.6 Å². The van der Waals surface area contributed by atoms with E-state index in [0.717, 1.165) is 18.4 Å². The number of nitrogens with zero attached hydrogens (tertiary/aromatic N) is 1. The number of amides is 1. The van der Waals surface area contributed by atoms with E-state index in [-0.39, 0.29) is 45.9 Å². The van der Waals surface area contributed by atoms with Crippen molar-refractivity contribution in [3.05, 3.63) is 89.5 Å². The van der Waals surface area contributed by atoms with E-state index in [4.69, 9.17) is 9.47 Å². The van der Waals surface area contributed by atoms with Crippen LogP contribution in [-0.2, 0) is 25.9 Å². The summed E-state index contributed by atoms with van der Waals surface area (Å²) < 4.78 is 38.0. The SMILES string of the molecule is O=C(OC[C@H]1CCCO1)c1ccc2c(c1)N(Cc1ccccc1)C(=O)c1ccccc1S2(=O)=O. The van der Waals surface area contributed by atoms with Crippen molar-refractivity contribution in [2.75, 3.05) is 18.1 Å². The van der Waals surface area contributed by atoms with Crippen LogP contribution in [-0.4, -0.2) is 39.6 Å². The van der Waals surface area contributed by atoms with E-state index in [1.807, 2.05) is 30.3 Å². The van der Waals surface area contributed by atoms with Gasteiger partial charge >= 0.3 is 5.97 Å². The minimum absolute atomic E-state index is 0.0302. The Hall–Kier alpha value is -3.49. The third-order valence-electron chi connectivity index (χ3n) is 6.03. The number of fused-ring (bicyclic) bond motifs is 2. The van der Waals surface area contributed by atoms with E-state index >= 15 is 0 Å². The molecule has 0 N–H and O–H groups in total. The fourth-order valence-corrected chi connectivity index (χ4v) is 5.92. The van der Waals surface area contributed by atoms with Gasteiger partial charge in [0.05, 0.1) is 39.3 Å². The zero-order chi connectivity index (χ0) is 23.7. The van der Waals surface area contributed by atoms with Gasteiger partial charge < -0.3 is 14.4 Å². The van der Waals surface area contributed by atoms with Crippen LogP contribution in [0.5, 0.6) is 0 Å². The van der Waals surface area contributed by atoms with Crippen LogP contribution in [0, 0.1) is 0 Å². The third kappa shape index (κ3) is 4.10. The van der Waals surface area contributed by atoms with Gasteiger partial charge in [-0.05, 0) is 48.7 Å². The average molecular weight is 478 g/mol. The summed E-state index contributed by atoms with van der Waals surface area (Å²) in [5.41, 5.74) is 1.24. The Morgan fingerprint density at radius 2 is 1.76 bits per heavy atom. The van der Waals surface area contributed by atoms with Crippen molar-refractivity contribution in [1.29, 1.82) is 0 Å². The van der Waals surface area contributed by atoms with Crippen LogP contribution in [0.1, 0.15) is 39.1 Å². The first-order valence-corrected chi connectivity index (χ1v) is 12.6. The van der Waals surface area contributed by atoms with Crippen molar-refractivity contribution in [2.45, 2.75) is 35.3 Å². The highest BCUT2D eigenvalue weighted by molar-refractivity contribution is 7.91. The Balaban J connectivity index is 1.58. The summed E-state index contributed by atoms with van der Waals surface area (Å²) in [6.45, 7) is 0.924. The second kappa shape index (κ2) is 9.04. The number of hydrogen-bond donors (Lipinski definition) is 0. The van der Waals surface area contributed by atoms with Crippen molar-refractivity contribution in [2.24, 2.45) is 0 Å². The highest BCUT2D eigenvalue weighted by Crippen LogP contribution is 2.38. The molecule has 5 rings (SSSR count). The smallest absolute Gasteiger partial charge is 0.338 e. The van der Waals surface area contributed by atoms with Crippen molar-refractivity contribution < 1.29 is 27.5 Å². The number of hydrogen-bond acceptors (Lipinski definition) is 6. The number of anilines is 1. The monoisotopic (exact) mass is 477 g/mol. The lowest BCUT2D eigenvalue weighted by Crippen LogP contribution is -2.30. The zero-order valence-electron chi connectivity index (χ0n) is 18.3. The maximum absolute atomic E-state index is 13.6. The Labute approximate surface area is 197 Å². The second-order valence-electron chi connectivity index (χ2n) is 8.29. The Bertz CT molecular complexity index is 1350. The molecule has 2 aliphatic rings. The van der Waals surface area contributed by atoms with Crippen molar-refractivity contribution in [3.63, 3.8) is 0 Å². The van der Waals surface area contributed by atoms with Gasteiger partial charge in [-0.1, -0.05) is 42.5 Å². The van der Waals surface area contributed by atoms with Gasteiger partial charge in [-0.15, -0.1) is 0 Å². The maximum atomic E-state index is 13.6. The molecule has 1 amide bonds. The normalized spacial score (nSPS) is 18.6. The molecule has 1 atom stereocenters. The summed E-state index contributed by atoms with van der Waals surface area (Å²) in [5.74, 6) is -1.05. The Kier molecular flexibility index (Phi) is 5.93. The molecular formula is C26H23NO6S. The molecular weight excluding hydrogens is 454 g/mol. The number of esters is 1. The number of ether oxygens (including phenoxy) is 2. The summed E-state index contributed by atoms with van der Waals surface area (Å²) in [5, 5.41) is 0. The van der Waals surface area contributed by atoms with E-state index in [9.17, 15) is 18.0 Å². The third-order valence-corrected chi connectivity index (χ3v) is 7.89. The summed E-state index contributed by atoms with van der Waals surface area (Å²) in [4.78, 5) is 27.7. The molecule has 3 aromatic carbocycles. The van der Waals surface area contributed by atoms with Crippen LogP contribution in [0.4, 0.5) is 5.69 Å². The van der Waals surface area contributed by atoms with Gasteiger partial charge in [0.25, 0.3) is 5.91 Å². The molecule has 0 spiro atoms. The van der Waals surface area contributed by atoms with Crippen molar-refractivity contribution in [1.82, 2.24) is 0 Å². The molecule has 2 aliphatic heterocycles. The number of carbonyl (C=O) groups is 2. The molecule has 2 heterocycles. The quantitative estimate of drug-likeness (QED) is 0.516. The molecule has 1 fully saturated rings. The first kappa shape index (κ1) is 22.3. The first-order chi connectivity index (χ1) is 16.4. The van der Waals surface area contributed by atoms with E-state index in [2.05, 4.69) is 0 Å². The van der Waals surface area contributed by atoms with Crippen molar-refractivity contribution in [3.8, 4) is 0 Å². The molecule has 0 bridgehead atoms. The standard InChI is InChI=1S/C26H23NO6S/c28-25-21-10-4-5-11-23(21)34(30,31)24-13-12-19(26(29)33-17-20-9-6-14-32-20)15-22(24)27(25)16-18-7-2-1-3-8-18/h1-5,7-8,10-13,15,20H,6,9,14,16-17H2/t20-/m1/s1. The molecule has 174 valence electrons. The number of carbonyl (C=O) groups excluding carboxylic acids is 2. The summed E-state index contributed by atoms with van der Waals surface area (Å²) in [6.07, 6.45) is 1.62. The van der Waals surface area contributed by atoms with Gasteiger partial charge in [-0.25, -0.2) is 13.2 Å². The van der Waals surface area contributed by atoms with Crippen LogP contribution in [0.3, 0.4) is 0 Å². The van der Waals surface area contributed by atoms with Crippen LogP contribution < -0.4 is 4.90 Å². The molecule has 0 saturated carbocycles. The van der Waals surface area contributed by atoms with Gasteiger partial charge in [0.15, 0.2) is 0 Å². The molecule has 7 nitrogen and oxygen atoms in total. The molecule has 0 radical (unpaired) electrons. The minimum atomic E-state index is -4.00. The van der Waals surface area contributed by atoms with E-state index in [0.29, 0.717) is 6.61 Å². The van der Waals surface area contributed by atoms with Gasteiger partial charge in [0.1, 0.15) is 6.61 Å². The number of benzene rings is 3. The number of rotatable bonds is 5. The predicted molar refractivity (Wildman–Crippen MR) is 125 cm³/mol. The minimum Gasteiger partial charge on any atom is -0.459 e. The van der Waals surface area contributed by atoms with Gasteiger partial charge in [0, 0.05) is 6.61 Å². The molecule has 34 heavy (non-hydrogen) atoms. The molecule has 3 aromatic rings. The van der Waals surface area contributed by atoms with Crippen LogP contribution in [0.25, 0.3) is 0 Å². The van der Waals surface area contributed by atoms with E-state index in [1.165, 1.54) is 35.2 Å². The lowest BCUT2D eigenvalue weighted by molar-refractivity contribution is 0.0161. The topological polar surface area (TPSA) is 90.0 Å².